The molecule has 0 amide bonds. The predicted molar refractivity (Wildman–Crippen MR) is 69.3 cm³/mol. The molecule has 1 unspecified atom stereocenters. The smallest absolute Gasteiger partial charge is 0.0700 e. The first-order valence-electron chi connectivity index (χ1n) is 6.14. The van der Waals surface area contributed by atoms with Crippen molar-refractivity contribution in [2.24, 2.45) is 5.92 Å². The molecule has 0 aliphatic rings. The summed E-state index contributed by atoms with van der Waals surface area (Å²) in [6.45, 7) is 6.50. The van der Waals surface area contributed by atoms with E-state index in [0.717, 1.165) is 32.0 Å². The van der Waals surface area contributed by atoms with E-state index in [9.17, 15) is 0 Å². The Morgan fingerprint density at radius 2 is 1.88 bits per heavy atom. The Morgan fingerprint density at radius 3 is 2.56 bits per heavy atom. The fraction of sp³-hybridized carbons (Fsp3) is 1.00. The largest absolute Gasteiger partial charge is 0.382 e. The second kappa shape index (κ2) is 13.2. The van der Waals surface area contributed by atoms with Crippen LogP contribution in [0.1, 0.15) is 26.2 Å². The predicted octanol–water partition coefficient (Wildman–Crippen LogP) is 2.28. The van der Waals surface area contributed by atoms with Gasteiger partial charge in [0.1, 0.15) is 0 Å². The summed E-state index contributed by atoms with van der Waals surface area (Å²) in [5.74, 6) is 1.41. The fourth-order valence-electron chi connectivity index (χ4n) is 1.32. The molecule has 0 heterocycles. The van der Waals surface area contributed by atoms with Crippen LogP contribution < -0.4 is 5.32 Å². The Bertz CT molecular complexity index is 136. The van der Waals surface area contributed by atoms with Crippen LogP contribution in [0.2, 0.25) is 0 Å². The van der Waals surface area contributed by atoms with E-state index < -0.39 is 0 Å². The molecule has 16 heavy (non-hydrogen) atoms. The first-order chi connectivity index (χ1) is 7.81. The van der Waals surface area contributed by atoms with Gasteiger partial charge >= 0.3 is 0 Å². The van der Waals surface area contributed by atoms with Crippen molar-refractivity contribution in [2.75, 3.05) is 45.9 Å². The number of ether oxygens (including phenoxy) is 2. The van der Waals surface area contributed by atoms with Crippen LogP contribution in [0.25, 0.3) is 0 Å². The summed E-state index contributed by atoms with van der Waals surface area (Å²) in [4.78, 5) is 0. The van der Waals surface area contributed by atoms with E-state index in [-0.39, 0.29) is 0 Å². The molecule has 0 rings (SSSR count). The molecule has 3 nitrogen and oxygen atoms in total. The molecule has 0 radical (unpaired) electrons. The molecule has 0 aromatic rings. The normalized spacial score (nSPS) is 12.9. The van der Waals surface area contributed by atoms with E-state index in [1.165, 1.54) is 12.8 Å². The van der Waals surface area contributed by atoms with E-state index in [4.69, 9.17) is 21.1 Å². The quantitative estimate of drug-likeness (QED) is 0.427. The molecule has 1 atom stereocenters. The lowest BCUT2D eigenvalue weighted by Crippen LogP contribution is -2.19. The highest BCUT2D eigenvalue weighted by molar-refractivity contribution is 6.18. The Kier molecular flexibility index (Phi) is 13.4. The number of hydrogen-bond donors (Lipinski definition) is 1. The van der Waals surface area contributed by atoms with Gasteiger partial charge in [-0.25, -0.2) is 0 Å². The van der Waals surface area contributed by atoms with Crippen LogP contribution in [0.15, 0.2) is 0 Å². The first-order valence-corrected chi connectivity index (χ1v) is 6.68. The molecule has 0 bridgehead atoms. The van der Waals surface area contributed by atoms with Gasteiger partial charge in [0.15, 0.2) is 0 Å². The van der Waals surface area contributed by atoms with Gasteiger partial charge in [-0.15, -0.1) is 11.6 Å². The molecular formula is C12H26ClNO2. The average Bonchev–Trinajstić information content (AvgIpc) is 2.31. The Labute approximate surface area is 105 Å². The lowest BCUT2D eigenvalue weighted by molar-refractivity contribution is 0.0695. The molecule has 0 saturated heterocycles. The zero-order chi connectivity index (χ0) is 12.1. The van der Waals surface area contributed by atoms with E-state index in [1.807, 2.05) is 0 Å². The fourth-order valence-corrected chi connectivity index (χ4v) is 1.48. The van der Waals surface area contributed by atoms with Gasteiger partial charge in [-0.2, -0.15) is 0 Å². The maximum absolute atomic E-state index is 5.73. The molecule has 0 spiro atoms. The van der Waals surface area contributed by atoms with Gasteiger partial charge in [-0.05, 0) is 38.3 Å². The zero-order valence-electron chi connectivity index (χ0n) is 10.6. The molecule has 0 aliphatic carbocycles. The molecule has 4 heteroatoms. The zero-order valence-corrected chi connectivity index (χ0v) is 11.4. The average molecular weight is 252 g/mol. The van der Waals surface area contributed by atoms with Crippen LogP contribution >= 0.6 is 11.6 Å². The summed E-state index contributed by atoms with van der Waals surface area (Å²) >= 11 is 5.73. The van der Waals surface area contributed by atoms with Gasteiger partial charge in [0.25, 0.3) is 0 Å². The lowest BCUT2D eigenvalue weighted by Gasteiger charge is -2.08. The Hall–Kier alpha value is 0.170. The monoisotopic (exact) mass is 251 g/mol. The van der Waals surface area contributed by atoms with E-state index in [1.54, 1.807) is 7.11 Å². The summed E-state index contributed by atoms with van der Waals surface area (Å²) in [6, 6.07) is 0. The van der Waals surface area contributed by atoms with Crippen LogP contribution in [0.5, 0.6) is 0 Å². The van der Waals surface area contributed by atoms with Gasteiger partial charge in [0.05, 0.1) is 13.2 Å². The second-order valence-corrected chi connectivity index (χ2v) is 4.42. The Morgan fingerprint density at radius 1 is 1.12 bits per heavy atom. The highest BCUT2D eigenvalue weighted by Gasteiger charge is 1.98. The van der Waals surface area contributed by atoms with Crippen molar-refractivity contribution < 1.29 is 9.47 Å². The second-order valence-electron chi connectivity index (χ2n) is 4.11. The third-order valence-corrected chi connectivity index (χ3v) is 2.91. The van der Waals surface area contributed by atoms with Crippen molar-refractivity contribution in [3.8, 4) is 0 Å². The molecule has 0 aromatic heterocycles. The summed E-state index contributed by atoms with van der Waals surface area (Å²) in [5, 5.41) is 3.40. The van der Waals surface area contributed by atoms with Gasteiger partial charge < -0.3 is 14.8 Å². The molecule has 98 valence electrons. The lowest BCUT2D eigenvalue weighted by atomic mass is 10.1. The highest BCUT2D eigenvalue weighted by Crippen LogP contribution is 2.05. The van der Waals surface area contributed by atoms with Gasteiger partial charge in [0.2, 0.25) is 0 Å². The van der Waals surface area contributed by atoms with Crippen LogP contribution in [-0.2, 0) is 9.47 Å². The van der Waals surface area contributed by atoms with E-state index in [0.29, 0.717) is 19.1 Å². The van der Waals surface area contributed by atoms with Crippen molar-refractivity contribution in [1.29, 1.82) is 0 Å². The summed E-state index contributed by atoms with van der Waals surface area (Å²) in [5.41, 5.74) is 0. The topological polar surface area (TPSA) is 30.5 Å². The van der Waals surface area contributed by atoms with E-state index >= 15 is 0 Å². The molecule has 0 fully saturated rings. The summed E-state index contributed by atoms with van der Waals surface area (Å²) in [6.07, 6.45) is 3.48. The number of rotatable bonds is 12. The van der Waals surface area contributed by atoms with Gasteiger partial charge in [-0.1, -0.05) is 6.92 Å². The highest BCUT2D eigenvalue weighted by atomic mass is 35.5. The number of methoxy groups -OCH3 is 1. The third kappa shape index (κ3) is 12.2. The first kappa shape index (κ1) is 16.2. The maximum Gasteiger partial charge on any atom is 0.0700 e. The Balaban J connectivity index is 2.93. The van der Waals surface area contributed by atoms with Crippen molar-refractivity contribution in [2.45, 2.75) is 26.2 Å². The van der Waals surface area contributed by atoms with Gasteiger partial charge in [0, 0.05) is 19.6 Å². The minimum absolute atomic E-state index is 0.640. The van der Waals surface area contributed by atoms with Gasteiger partial charge in [-0.3, -0.25) is 0 Å². The standard InChI is InChI=1S/C12H26ClNO2/c1-12(11-13)5-3-6-14-7-4-8-16-10-9-15-2/h12,14H,3-11H2,1-2H3. The van der Waals surface area contributed by atoms with Crippen LogP contribution in [0.4, 0.5) is 0 Å². The number of halogens is 1. The minimum atomic E-state index is 0.640. The number of nitrogens with one attached hydrogen (secondary N) is 1. The molecule has 0 aromatic carbocycles. The summed E-state index contributed by atoms with van der Waals surface area (Å²) in [7, 11) is 1.69. The molecular weight excluding hydrogens is 226 g/mol. The number of hydrogen-bond acceptors (Lipinski definition) is 3. The summed E-state index contributed by atoms with van der Waals surface area (Å²) < 4.78 is 10.2. The number of alkyl halides is 1. The third-order valence-electron chi connectivity index (χ3n) is 2.39. The van der Waals surface area contributed by atoms with Crippen molar-refractivity contribution in [3.63, 3.8) is 0 Å². The SMILES string of the molecule is COCCOCCCNCCCC(C)CCl. The van der Waals surface area contributed by atoms with Crippen LogP contribution in [-0.4, -0.2) is 45.9 Å². The van der Waals surface area contributed by atoms with Crippen molar-refractivity contribution >= 4 is 11.6 Å². The maximum atomic E-state index is 5.73. The van der Waals surface area contributed by atoms with Crippen LogP contribution in [0.3, 0.4) is 0 Å². The van der Waals surface area contributed by atoms with Crippen molar-refractivity contribution in [1.82, 2.24) is 5.32 Å². The van der Waals surface area contributed by atoms with Crippen molar-refractivity contribution in [3.05, 3.63) is 0 Å². The molecule has 1 N–H and O–H groups in total. The molecule has 0 saturated carbocycles. The van der Waals surface area contributed by atoms with E-state index in [2.05, 4.69) is 12.2 Å². The van der Waals surface area contributed by atoms with Crippen LogP contribution in [0, 0.1) is 5.92 Å². The minimum Gasteiger partial charge on any atom is -0.382 e. The molecule has 0 aliphatic heterocycles.